The van der Waals surface area contributed by atoms with Crippen LogP contribution in [0.2, 0.25) is 0 Å². The van der Waals surface area contributed by atoms with E-state index in [0.29, 0.717) is 11.9 Å². The van der Waals surface area contributed by atoms with Crippen molar-refractivity contribution in [3.63, 3.8) is 0 Å². The zero-order valence-corrected chi connectivity index (χ0v) is 8.76. The molecule has 0 bridgehead atoms. The van der Waals surface area contributed by atoms with Gasteiger partial charge in [0.15, 0.2) is 5.65 Å². The number of pyridine rings is 1. The third-order valence-electron chi connectivity index (χ3n) is 2.61. The van der Waals surface area contributed by atoms with Crippen molar-refractivity contribution >= 4 is 17.0 Å². The normalized spacial score (nSPS) is 16.0. The van der Waals surface area contributed by atoms with Crippen molar-refractivity contribution in [3.8, 4) is 0 Å². The molecule has 5 heteroatoms. The predicted molar refractivity (Wildman–Crippen MR) is 60.1 cm³/mol. The van der Waals surface area contributed by atoms with Crippen LogP contribution in [0.1, 0.15) is 0 Å². The molecular formula is C11H12N4O. The van der Waals surface area contributed by atoms with Crippen LogP contribution in [0.25, 0.3) is 11.0 Å². The van der Waals surface area contributed by atoms with Crippen LogP contribution >= 0.6 is 0 Å². The van der Waals surface area contributed by atoms with Gasteiger partial charge < -0.3 is 10.1 Å². The van der Waals surface area contributed by atoms with Gasteiger partial charge in [0.2, 0.25) is 5.95 Å². The monoisotopic (exact) mass is 216 g/mol. The second-order valence-corrected chi connectivity index (χ2v) is 3.89. The maximum atomic E-state index is 5.10. The van der Waals surface area contributed by atoms with Crippen molar-refractivity contribution in [2.24, 2.45) is 5.92 Å². The number of nitrogens with zero attached hydrogens (tertiary/aromatic N) is 3. The van der Waals surface area contributed by atoms with Gasteiger partial charge in [0.1, 0.15) is 0 Å². The van der Waals surface area contributed by atoms with Crippen molar-refractivity contribution in [2.75, 3.05) is 25.1 Å². The van der Waals surface area contributed by atoms with Crippen molar-refractivity contribution in [1.29, 1.82) is 0 Å². The van der Waals surface area contributed by atoms with E-state index in [9.17, 15) is 0 Å². The van der Waals surface area contributed by atoms with E-state index in [0.717, 1.165) is 30.8 Å². The molecule has 0 spiro atoms. The lowest BCUT2D eigenvalue weighted by Gasteiger charge is -2.25. The van der Waals surface area contributed by atoms with Crippen LogP contribution < -0.4 is 5.32 Å². The Kier molecular flexibility index (Phi) is 2.38. The highest BCUT2D eigenvalue weighted by atomic mass is 16.5. The maximum Gasteiger partial charge on any atom is 0.224 e. The average Bonchev–Trinajstić information content (AvgIpc) is 2.27. The molecule has 1 fully saturated rings. The van der Waals surface area contributed by atoms with Gasteiger partial charge in [0.05, 0.1) is 13.2 Å². The van der Waals surface area contributed by atoms with E-state index in [2.05, 4.69) is 20.3 Å². The van der Waals surface area contributed by atoms with Gasteiger partial charge in [-0.05, 0) is 12.1 Å². The number of aromatic nitrogens is 3. The van der Waals surface area contributed by atoms with Crippen LogP contribution in [0.5, 0.6) is 0 Å². The van der Waals surface area contributed by atoms with Gasteiger partial charge in [-0.15, -0.1) is 0 Å². The molecule has 82 valence electrons. The van der Waals surface area contributed by atoms with Crippen LogP contribution in [-0.2, 0) is 4.74 Å². The lowest BCUT2D eigenvalue weighted by Crippen LogP contribution is -2.33. The molecule has 0 aromatic carbocycles. The Labute approximate surface area is 92.9 Å². The summed E-state index contributed by atoms with van der Waals surface area (Å²) in [6.07, 6.45) is 3.52. The van der Waals surface area contributed by atoms with E-state index >= 15 is 0 Å². The average molecular weight is 216 g/mol. The molecule has 16 heavy (non-hydrogen) atoms. The maximum absolute atomic E-state index is 5.10. The molecule has 0 unspecified atom stereocenters. The Morgan fingerprint density at radius 1 is 1.38 bits per heavy atom. The molecule has 1 saturated heterocycles. The molecule has 3 rings (SSSR count). The number of hydrogen-bond acceptors (Lipinski definition) is 5. The van der Waals surface area contributed by atoms with E-state index in [4.69, 9.17) is 4.74 Å². The van der Waals surface area contributed by atoms with Crippen LogP contribution in [-0.4, -0.2) is 34.7 Å². The first-order valence-corrected chi connectivity index (χ1v) is 5.31. The molecule has 1 N–H and O–H groups in total. The molecule has 0 radical (unpaired) electrons. The van der Waals surface area contributed by atoms with Crippen LogP contribution in [0.4, 0.5) is 5.95 Å². The molecular weight excluding hydrogens is 204 g/mol. The van der Waals surface area contributed by atoms with Gasteiger partial charge in [0.25, 0.3) is 0 Å². The minimum Gasteiger partial charge on any atom is -0.381 e. The molecule has 1 aliphatic heterocycles. The number of ether oxygens (including phenoxy) is 1. The molecule has 0 atom stereocenters. The topological polar surface area (TPSA) is 59.9 Å². The Hall–Kier alpha value is -1.75. The van der Waals surface area contributed by atoms with E-state index in [1.807, 2.05) is 12.1 Å². The van der Waals surface area contributed by atoms with Crippen LogP contribution in [0.3, 0.4) is 0 Å². The van der Waals surface area contributed by atoms with E-state index in [-0.39, 0.29) is 0 Å². The smallest absolute Gasteiger partial charge is 0.224 e. The fourth-order valence-electron chi connectivity index (χ4n) is 1.59. The second kappa shape index (κ2) is 4.02. The Balaban J connectivity index is 1.76. The summed E-state index contributed by atoms with van der Waals surface area (Å²) in [4.78, 5) is 12.8. The summed E-state index contributed by atoms with van der Waals surface area (Å²) < 4.78 is 5.10. The molecule has 0 saturated carbocycles. The summed E-state index contributed by atoms with van der Waals surface area (Å²) >= 11 is 0. The van der Waals surface area contributed by atoms with E-state index in [1.54, 1.807) is 12.4 Å². The summed E-state index contributed by atoms with van der Waals surface area (Å²) in [5.41, 5.74) is 0.727. The molecule has 1 aliphatic rings. The van der Waals surface area contributed by atoms with E-state index in [1.165, 1.54) is 0 Å². The van der Waals surface area contributed by atoms with Gasteiger partial charge in [-0.1, -0.05) is 0 Å². The molecule has 3 heterocycles. The largest absolute Gasteiger partial charge is 0.381 e. The number of fused-ring (bicyclic) bond motifs is 1. The highest BCUT2D eigenvalue weighted by molar-refractivity contribution is 5.74. The third kappa shape index (κ3) is 1.81. The Morgan fingerprint density at radius 3 is 3.12 bits per heavy atom. The van der Waals surface area contributed by atoms with Gasteiger partial charge in [-0.2, -0.15) is 4.98 Å². The second-order valence-electron chi connectivity index (χ2n) is 3.89. The van der Waals surface area contributed by atoms with Gasteiger partial charge in [-0.25, -0.2) is 9.97 Å². The lowest BCUT2D eigenvalue weighted by atomic mass is 10.1. The fourth-order valence-corrected chi connectivity index (χ4v) is 1.59. The highest BCUT2D eigenvalue weighted by Crippen LogP contribution is 2.12. The summed E-state index contributed by atoms with van der Waals surface area (Å²) in [6.45, 7) is 2.52. The Bertz CT molecular complexity index is 498. The fraction of sp³-hybridized carbons (Fsp3) is 0.364. The number of rotatable bonds is 3. The number of hydrogen-bond donors (Lipinski definition) is 1. The quantitative estimate of drug-likeness (QED) is 0.832. The molecule has 2 aromatic heterocycles. The molecule has 0 amide bonds. The molecule has 0 aliphatic carbocycles. The first-order chi connectivity index (χ1) is 7.92. The minimum absolute atomic E-state index is 0.586. The van der Waals surface area contributed by atoms with Crippen molar-refractivity contribution < 1.29 is 4.74 Å². The standard InChI is InChI=1S/C11H12N4O/c1-2-9-5-14-11(15-10(9)12-3-1)13-4-8-6-16-7-8/h1-3,5,8H,4,6-7H2,(H,12,13,14,15). The van der Waals surface area contributed by atoms with Crippen LogP contribution in [0.15, 0.2) is 24.5 Å². The molecule has 5 nitrogen and oxygen atoms in total. The lowest BCUT2D eigenvalue weighted by molar-refractivity contribution is -0.0249. The number of nitrogens with one attached hydrogen (secondary N) is 1. The van der Waals surface area contributed by atoms with Crippen molar-refractivity contribution in [1.82, 2.24) is 15.0 Å². The van der Waals surface area contributed by atoms with Crippen LogP contribution in [0, 0.1) is 5.92 Å². The predicted octanol–water partition coefficient (Wildman–Crippen LogP) is 1.08. The summed E-state index contributed by atoms with van der Waals surface area (Å²) in [7, 11) is 0. The third-order valence-corrected chi connectivity index (χ3v) is 2.61. The SMILES string of the molecule is c1cnc2nc(NCC3COC3)ncc2c1. The zero-order chi connectivity index (χ0) is 10.8. The highest BCUT2D eigenvalue weighted by Gasteiger charge is 2.18. The summed E-state index contributed by atoms with van der Waals surface area (Å²) in [6, 6.07) is 3.83. The van der Waals surface area contributed by atoms with Gasteiger partial charge in [0, 0.05) is 30.2 Å². The van der Waals surface area contributed by atoms with E-state index < -0.39 is 0 Å². The first-order valence-electron chi connectivity index (χ1n) is 5.31. The minimum atomic E-state index is 0.586. The first kappa shape index (κ1) is 9.47. The summed E-state index contributed by atoms with van der Waals surface area (Å²) in [5.74, 6) is 1.22. The number of anilines is 1. The Morgan fingerprint density at radius 2 is 2.31 bits per heavy atom. The molecule has 2 aromatic rings. The van der Waals surface area contributed by atoms with Crippen molar-refractivity contribution in [2.45, 2.75) is 0 Å². The zero-order valence-electron chi connectivity index (χ0n) is 8.76. The summed E-state index contributed by atoms with van der Waals surface area (Å²) in [5, 5.41) is 4.15. The van der Waals surface area contributed by atoms with Crippen molar-refractivity contribution in [3.05, 3.63) is 24.5 Å². The van der Waals surface area contributed by atoms with Gasteiger partial charge >= 0.3 is 0 Å². The van der Waals surface area contributed by atoms with Gasteiger partial charge in [-0.3, -0.25) is 0 Å².